The number of nitrogens with two attached hydrogens (primary N) is 1. The van der Waals surface area contributed by atoms with Crippen LogP contribution >= 0.6 is 0 Å². The van der Waals surface area contributed by atoms with E-state index in [1.54, 1.807) is 6.07 Å². The van der Waals surface area contributed by atoms with Gasteiger partial charge in [-0.3, -0.25) is 0 Å². The molecule has 16 heavy (non-hydrogen) atoms. The normalized spacial score (nSPS) is 13.1. The Labute approximate surface area is 94.4 Å². The smallest absolute Gasteiger partial charge is 0.221 e. The Balaban J connectivity index is 2.13. The molecule has 0 amide bonds. The average molecular weight is 220 g/mol. The fourth-order valence-electron chi connectivity index (χ4n) is 1.38. The van der Waals surface area contributed by atoms with E-state index in [4.69, 9.17) is 14.9 Å². The standard InChI is InChI=1S/C12H16N2O2/c1-3-8(2)15-7-12-14-10-5-4-9(13)6-11(10)16-12/h4-6,8H,3,7,13H2,1-2H3. The molecule has 2 aromatic rings. The van der Waals surface area contributed by atoms with E-state index in [-0.39, 0.29) is 6.10 Å². The van der Waals surface area contributed by atoms with E-state index in [1.165, 1.54) is 0 Å². The Bertz CT molecular complexity index is 479. The van der Waals surface area contributed by atoms with Crippen molar-refractivity contribution in [1.29, 1.82) is 0 Å². The number of nitrogens with zero attached hydrogens (tertiary/aromatic N) is 1. The minimum Gasteiger partial charge on any atom is -0.438 e. The van der Waals surface area contributed by atoms with E-state index in [9.17, 15) is 0 Å². The molecule has 0 fully saturated rings. The summed E-state index contributed by atoms with van der Waals surface area (Å²) in [4.78, 5) is 4.31. The van der Waals surface area contributed by atoms with Crippen molar-refractivity contribution in [2.24, 2.45) is 0 Å². The second-order valence-corrected chi connectivity index (χ2v) is 3.86. The maximum absolute atomic E-state index is 5.66. The number of ether oxygens (including phenoxy) is 1. The summed E-state index contributed by atoms with van der Waals surface area (Å²) < 4.78 is 11.1. The molecule has 0 aliphatic heterocycles. The van der Waals surface area contributed by atoms with Gasteiger partial charge in [0.2, 0.25) is 5.89 Å². The Morgan fingerprint density at radius 2 is 2.31 bits per heavy atom. The molecule has 1 atom stereocenters. The van der Waals surface area contributed by atoms with Crippen LogP contribution in [0.3, 0.4) is 0 Å². The molecule has 0 bridgehead atoms. The number of fused-ring (bicyclic) bond motifs is 1. The number of hydrogen-bond donors (Lipinski definition) is 1. The van der Waals surface area contributed by atoms with Gasteiger partial charge in [0.1, 0.15) is 12.1 Å². The van der Waals surface area contributed by atoms with Crippen LogP contribution in [0.25, 0.3) is 11.1 Å². The van der Waals surface area contributed by atoms with Crippen LogP contribution in [0.2, 0.25) is 0 Å². The van der Waals surface area contributed by atoms with E-state index in [0.717, 1.165) is 11.9 Å². The molecule has 0 radical (unpaired) electrons. The van der Waals surface area contributed by atoms with Crippen LogP contribution in [-0.4, -0.2) is 11.1 Å². The van der Waals surface area contributed by atoms with E-state index >= 15 is 0 Å². The number of aromatic nitrogens is 1. The molecule has 1 unspecified atom stereocenters. The summed E-state index contributed by atoms with van der Waals surface area (Å²) >= 11 is 0. The fourth-order valence-corrected chi connectivity index (χ4v) is 1.38. The van der Waals surface area contributed by atoms with Crippen LogP contribution in [0.4, 0.5) is 5.69 Å². The van der Waals surface area contributed by atoms with Crippen LogP contribution in [0.1, 0.15) is 26.2 Å². The second kappa shape index (κ2) is 4.53. The fraction of sp³-hybridized carbons (Fsp3) is 0.417. The topological polar surface area (TPSA) is 61.3 Å². The lowest BCUT2D eigenvalue weighted by atomic mass is 10.3. The van der Waals surface area contributed by atoms with Crippen molar-refractivity contribution in [2.45, 2.75) is 33.0 Å². The third-order valence-corrected chi connectivity index (χ3v) is 2.52. The van der Waals surface area contributed by atoms with Crippen molar-refractivity contribution in [3.63, 3.8) is 0 Å². The van der Waals surface area contributed by atoms with Gasteiger partial charge in [-0.15, -0.1) is 0 Å². The zero-order valence-corrected chi connectivity index (χ0v) is 9.56. The number of benzene rings is 1. The lowest BCUT2D eigenvalue weighted by molar-refractivity contribution is 0.0388. The van der Waals surface area contributed by atoms with Crippen LogP contribution in [0.5, 0.6) is 0 Å². The first-order chi connectivity index (χ1) is 7.69. The highest BCUT2D eigenvalue weighted by atomic mass is 16.5. The van der Waals surface area contributed by atoms with Gasteiger partial charge in [0.05, 0.1) is 6.10 Å². The van der Waals surface area contributed by atoms with Gasteiger partial charge in [0, 0.05) is 11.8 Å². The van der Waals surface area contributed by atoms with Crippen molar-refractivity contribution in [1.82, 2.24) is 4.98 Å². The van der Waals surface area contributed by atoms with Gasteiger partial charge in [-0.2, -0.15) is 0 Å². The highest BCUT2D eigenvalue weighted by Gasteiger charge is 2.07. The van der Waals surface area contributed by atoms with E-state index < -0.39 is 0 Å². The summed E-state index contributed by atoms with van der Waals surface area (Å²) in [5.74, 6) is 0.598. The first-order valence-electron chi connectivity index (χ1n) is 5.45. The molecular formula is C12H16N2O2. The Morgan fingerprint density at radius 3 is 3.06 bits per heavy atom. The number of hydrogen-bond acceptors (Lipinski definition) is 4. The average Bonchev–Trinajstić information content (AvgIpc) is 2.67. The van der Waals surface area contributed by atoms with Crippen molar-refractivity contribution in [3.05, 3.63) is 24.1 Å². The monoisotopic (exact) mass is 220 g/mol. The SMILES string of the molecule is CCC(C)OCc1nc2ccc(N)cc2o1. The summed E-state index contributed by atoms with van der Waals surface area (Å²) in [6.45, 7) is 4.52. The molecule has 0 aliphatic carbocycles. The van der Waals surface area contributed by atoms with Crippen LogP contribution < -0.4 is 5.73 Å². The van der Waals surface area contributed by atoms with Gasteiger partial charge in [0.15, 0.2) is 5.58 Å². The van der Waals surface area contributed by atoms with Crippen LogP contribution in [0, 0.1) is 0 Å². The summed E-state index contributed by atoms with van der Waals surface area (Å²) in [6.07, 6.45) is 1.20. The minimum absolute atomic E-state index is 0.222. The van der Waals surface area contributed by atoms with Crippen LogP contribution in [-0.2, 0) is 11.3 Å². The molecule has 1 heterocycles. The van der Waals surface area contributed by atoms with Crippen molar-refractivity contribution in [2.75, 3.05) is 5.73 Å². The van der Waals surface area contributed by atoms with Crippen molar-refractivity contribution >= 4 is 16.8 Å². The molecule has 2 rings (SSSR count). The molecule has 0 saturated heterocycles. The highest BCUT2D eigenvalue weighted by molar-refractivity contribution is 5.76. The van der Waals surface area contributed by atoms with E-state index in [1.807, 2.05) is 19.1 Å². The summed E-state index contributed by atoms with van der Waals surface area (Å²) in [6, 6.07) is 5.43. The molecular weight excluding hydrogens is 204 g/mol. The summed E-state index contributed by atoms with van der Waals surface area (Å²) in [5.41, 5.74) is 7.86. The number of oxazole rings is 1. The molecule has 2 N–H and O–H groups in total. The first-order valence-corrected chi connectivity index (χ1v) is 5.45. The lowest BCUT2D eigenvalue weighted by Crippen LogP contribution is -2.06. The Morgan fingerprint density at radius 1 is 1.50 bits per heavy atom. The zero-order chi connectivity index (χ0) is 11.5. The van der Waals surface area contributed by atoms with Gasteiger partial charge in [-0.05, 0) is 25.5 Å². The zero-order valence-electron chi connectivity index (χ0n) is 9.56. The highest BCUT2D eigenvalue weighted by Crippen LogP contribution is 2.19. The third kappa shape index (κ3) is 2.33. The van der Waals surface area contributed by atoms with Gasteiger partial charge in [-0.25, -0.2) is 4.98 Å². The van der Waals surface area contributed by atoms with Gasteiger partial charge < -0.3 is 14.9 Å². The Hall–Kier alpha value is -1.55. The molecule has 4 heteroatoms. The lowest BCUT2D eigenvalue weighted by Gasteiger charge is -2.07. The maximum Gasteiger partial charge on any atom is 0.221 e. The molecule has 0 saturated carbocycles. The molecule has 86 valence electrons. The Kier molecular flexibility index (Phi) is 3.10. The molecule has 0 spiro atoms. The van der Waals surface area contributed by atoms with Gasteiger partial charge in [-0.1, -0.05) is 6.92 Å². The predicted molar refractivity (Wildman–Crippen MR) is 63.0 cm³/mol. The molecule has 1 aromatic heterocycles. The minimum atomic E-state index is 0.222. The summed E-state index contributed by atoms with van der Waals surface area (Å²) in [7, 11) is 0. The second-order valence-electron chi connectivity index (χ2n) is 3.86. The number of anilines is 1. The molecule has 1 aromatic carbocycles. The molecule has 4 nitrogen and oxygen atoms in total. The number of rotatable bonds is 4. The van der Waals surface area contributed by atoms with E-state index in [2.05, 4.69) is 11.9 Å². The maximum atomic E-state index is 5.66. The van der Waals surface area contributed by atoms with E-state index in [0.29, 0.717) is 23.8 Å². The van der Waals surface area contributed by atoms with Crippen LogP contribution in [0.15, 0.2) is 22.6 Å². The first kappa shape index (κ1) is 11.0. The molecule has 0 aliphatic rings. The number of nitrogen functional groups attached to an aromatic ring is 1. The largest absolute Gasteiger partial charge is 0.438 e. The van der Waals surface area contributed by atoms with Gasteiger partial charge >= 0.3 is 0 Å². The van der Waals surface area contributed by atoms with Crippen molar-refractivity contribution in [3.8, 4) is 0 Å². The van der Waals surface area contributed by atoms with Crippen molar-refractivity contribution < 1.29 is 9.15 Å². The third-order valence-electron chi connectivity index (χ3n) is 2.52. The predicted octanol–water partition coefficient (Wildman–Crippen LogP) is 2.73. The quantitative estimate of drug-likeness (QED) is 0.805. The summed E-state index contributed by atoms with van der Waals surface area (Å²) in [5, 5.41) is 0. The van der Waals surface area contributed by atoms with Gasteiger partial charge in [0.25, 0.3) is 0 Å².